The number of fused-ring (bicyclic) bond motifs is 1. The SMILES string of the molecule is O=c1c2c(-c3ccco3)csc2ncn1/N=C\c1ccc(N2CCOCC2)cc1. The van der Waals surface area contributed by atoms with E-state index in [0.717, 1.165) is 43.1 Å². The molecule has 0 unspecified atom stereocenters. The summed E-state index contributed by atoms with van der Waals surface area (Å²) in [6.45, 7) is 3.30. The number of anilines is 1. The van der Waals surface area contributed by atoms with E-state index in [1.165, 1.54) is 22.3 Å². The minimum absolute atomic E-state index is 0.219. The molecule has 8 heteroatoms. The molecule has 7 nitrogen and oxygen atoms in total. The van der Waals surface area contributed by atoms with Crippen molar-refractivity contribution in [3.63, 3.8) is 0 Å². The lowest BCUT2D eigenvalue weighted by molar-refractivity contribution is 0.122. The van der Waals surface area contributed by atoms with E-state index in [4.69, 9.17) is 9.15 Å². The van der Waals surface area contributed by atoms with E-state index in [9.17, 15) is 4.79 Å². The zero-order valence-corrected chi connectivity index (χ0v) is 16.3. The summed E-state index contributed by atoms with van der Waals surface area (Å²) in [4.78, 5) is 20.3. The van der Waals surface area contributed by atoms with Gasteiger partial charge in [-0.15, -0.1) is 11.3 Å². The Morgan fingerprint density at radius 1 is 1.14 bits per heavy atom. The van der Waals surface area contributed by atoms with Crippen molar-refractivity contribution < 1.29 is 9.15 Å². The smallest absolute Gasteiger partial charge is 0.283 e. The Bertz CT molecular complexity index is 1200. The molecule has 0 radical (unpaired) electrons. The number of rotatable bonds is 4. The summed E-state index contributed by atoms with van der Waals surface area (Å²) in [5.41, 5.74) is 2.59. The monoisotopic (exact) mass is 406 g/mol. The number of furan rings is 1. The summed E-state index contributed by atoms with van der Waals surface area (Å²) in [6, 6.07) is 11.7. The molecule has 0 spiro atoms. The highest BCUT2D eigenvalue weighted by atomic mass is 32.1. The van der Waals surface area contributed by atoms with Crippen LogP contribution in [0.1, 0.15) is 5.56 Å². The predicted octanol–water partition coefficient (Wildman–Crippen LogP) is 3.44. The van der Waals surface area contributed by atoms with Crippen LogP contribution >= 0.6 is 11.3 Å². The van der Waals surface area contributed by atoms with E-state index >= 15 is 0 Å². The molecule has 1 aromatic carbocycles. The molecule has 4 aromatic rings. The van der Waals surface area contributed by atoms with Crippen molar-refractivity contribution in [1.29, 1.82) is 0 Å². The van der Waals surface area contributed by atoms with Crippen LogP contribution in [0.3, 0.4) is 0 Å². The molecule has 5 rings (SSSR count). The molecule has 1 saturated heterocycles. The lowest BCUT2D eigenvalue weighted by atomic mass is 10.2. The second-order valence-electron chi connectivity index (χ2n) is 6.64. The Balaban J connectivity index is 1.42. The maximum atomic E-state index is 12.9. The number of nitrogens with zero attached hydrogens (tertiary/aromatic N) is 4. The molecule has 1 aliphatic rings. The van der Waals surface area contributed by atoms with Crippen LogP contribution in [0.15, 0.2) is 68.7 Å². The maximum Gasteiger partial charge on any atom is 0.283 e. The molecule has 0 N–H and O–H groups in total. The molecule has 29 heavy (non-hydrogen) atoms. The molecule has 0 atom stereocenters. The van der Waals surface area contributed by atoms with Crippen LogP contribution in [-0.4, -0.2) is 42.2 Å². The van der Waals surface area contributed by atoms with Gasteiger partial charge in [-0.25, -0.2) is 4.98 Å². The van der Waals surface area contributed by atoms with Crippen molar-refractivity contribution in [2.45, 2.75) is 0 Å². The van der Waals surface area contributed by atoms with Crippen LogP contribution in [0.4, 0.5) is 5.69 Å². The van der Waals surface area contributed by atoms with Crippen molar-refractivity contribution in [3.8, 4) is 11.3 Å². The first-order valence-corrected chi connectivity index (χ1v) is 10.2. The van der Waals surface area contributed by atoms with Crippen LogP contribution in [0.25, 0.3) is 21.5 Å². The highest BCUT2D eigenvalue weighted by Crippen LogP contribution is 2.30. The fraction of sp³-hybridized carbons (Fsp3) is 0.190. The third kappa shape index (κ3) is 3.48. The van der Waals surface area contributed by atoms with Gasteiger partial charge in [-0.3, -0.25) is 4.79 Å². The Hall–Kier alpha value is -3.23. The van der Waals surface area contributed by atoms with Gasteiger partial charge in [0.1, 0.15) is 16.9 Å². The van der Waals surface area contributed by atoms with Gasteiger partial charge in [-0.05, 0) is 29.8 Å². The van der Waals surface area contributed by atoms with Crippen LogP contribution in [0, 0.1) is 0 Å². The van der Waals surface area contributed by atoms with Crippen molar-refractivity contribution in [2.75, 3.05) is 31.2 Å². The fourth-order valence-corrected chi connectivity index (χ4v) is 4.23. The van der Waals surface area contributed by atoms with Gasteiger partial charge >= 0.3 is 0 Å². The minimum atomic E-state index is -0.219. The quantitative estimate of drug-likeness (QED) is 0.486. The van der Waals surface area contributed by atoms with Crippen molar-refractivity contribution in [2.24, 2.45) is 5.10 Å². The zero-order valence-electron chi connectivity index (χ0n) is 15.5. The molecule has 0 amide bonds. The molecule has 1 aliphatic heterocycles. The molecule has 0 saturated carbocycles. The predicted molar refractivity (Wildman–Crippen MR) is 114 cm³/mol. The molecular formula is C21H18N4O3S. The Labute approximate surface area is 170 Å². The molecule has 146 valence electrons. The standard InChI is InChI=1S/C21H18N4O3S/c26-21-19-17(18-2-1-9-28-18)13-29-20(19)22-14-25(21)23-12-15-3-5-16(6-4-15)24-7-10-27-11-8-24/h1-6,9,12-14H,7-8,10-11H2/b23-12-. The van der Waals surface area contributed by atoms with Crippen molar-refractivity contribution in [1.82, 2.24) is 9.66 Å². The first kappa shape index (κ1) is 17.8. The molecule has 4 heterocycles. The molecular weight excluding hydrogens is 388 g/mol. The van der Waals surface area contributed by atoms with E-state index in [0.29, 0.717) is 16.0 Å². The van der Waals surface area contributed by atoms with E-state index in [-0.39, 0.29) is 5.56 Å². The van der Waals surface area contributed by atoms with Gasteiger partial charge in [-0.2, -0.15) is 9.78 Å². The van der Waals surface area contributed by atoms with E-state index < -0.39 is 0 Å². The topological polar surface area (TPSA) is 72.9 Å². The van der Waals surface area contributed by atoms with Crippen LogP contribution in [0.5, 0.6) is 0 Å². The van der Waals surface area contributed by atoms with Gasteiger partial charge in [0.2, 0.25) is 0 Å². The summed E-state index contributed by atoms with van der Waals surface area (Å²) in [5.74, 6) is 0.649. The number of morpholine rings is 1. The largest absolute Gasteiger partial charge is 0.464 e. The Morgan fingerprint density at radius 3 is 2.72 bits per heavy atom. The van der Waals surface area contributed by atoms with Crippen LogP contribution < -0.4 is 10.5 Å². The van der Waals surface area contributed by atoms with E-state index in [1.807, 2.05) is 23.6 Å². The van der Waals surface area contributed by atoms with E-state index in [1.54, 1.807) is 18.5 Å². The van der Waals surface area contributed by atoms with Crippen LogP contribution in [-0.2, 0) is 4.74 Å². The summed E-state index contributed by atoms with van der Waals surface area (Å²) in [7, 11) is 0. The molecule has 3 aromatic heterocycles. The number of ether oxygens (including phenoxy) is 1. The van der Waals surface area contributed by atoms with Gasteiger partial charge in [0.15, 0.2) is 0 Å². The normalized spacial score (nSPS) is 14.8. The lowest BCUT2D eigenvalue weighted by Crippen LogP contribution is -2.36. The second-order valence-corrected chi connectivity index (χ2v) is 7.49. The number of hydrogen-bond donors (Lipinski definition) is 0. The maximum absolute atomic E-state index is 12.9. The average Bonchev–Trinajstić information content (AvgIpc) is 3.44. The number of benzene rings is 1. The van der Waals surface area contributed by atoms with E-state index in [2.05, 4.69) is 27.1 Å². The first-order valence-electron chi connectivity index (χ1n) is 9.29. The van der Waals surface area contributed by atoms with Crippen molar-refractivity contribution >= 4 is 33.5 Å². The van der Waals surface area contributed by atoms with Gasteiger partial charge in [-0.1, -0.05) is 12.1 Å². The Morgan fingerprint density at radius 2 is 1.97 bits per heavy atom. The van der Waals surface area contributed by atoms with Gasteiger partial charge in [0.05, 0.1) is 31.1 Å². The minimum Gasteiger partial charge on any atom is -0.464 e. The number of aromatic nitrogens is 2. The highest BCUT2D eigenvalue weighted by molar-refractivity contribution is 7.17. The summed E-state index contributed by atoms with van der Waals surface area (Å²) < 4.78 is 12.1. The first-order chi connectivity index (χ1) is 14.3. The fourth-order valence-electron chi connectivity index (χ4n) is 3.34. The van der Waals surface area contributed by atoms with Crippen LogP contribution in [0.2, 0.25) is 0 Å². The third-order valence-corrected chi connectivity index (χ3v) is 5.75. The number of thiophene rings is 1. The molecule has 0 aliphatic carbocycles. The molecule has 1 fully saturated rings. The highest BCUT2D eigenvalue weighted by Gasteiger charge is 2.15. The molecule has 0 bridgehead atoms. The van der Waals surface area contributed by atoms with Crippen molar-refractivity contribution in [3.05, 3.63) is 70.3 Å². The summed E-state index contributed by atoms with van der Waals surface area (Å²) in [5, 5.41) is 6.73. The Kier molecular flexibility index (Phi) is 4.71. The van der Waals surface area contributed by atoms with Gasteiger partial charge in [0.25, 0.3) is 5.56 Å². The summed E-state index contributed by atoms with van der Waals surface area (Å²) >= 11 is 1.41. The summed E-state index contributed by atoms with van der Waals surface area (Å²) in [6.07, 6.45) is 4.70. The third-order valence-electron chi connectivity index (χ3n) is 4.87. The average molecular weight is 406 g/mol. The lowest BCUT2D eigenvalue weighted by Gasteiger charge is -2.28. The second kappa shape index (κ2) is 7.65. The number of hydrogen-bond acceptors (Lipinski definition) is 7. The van der Waals surface area contributed by atoms with Gasteiger partial charge in [0, 0.05) is 29.7 Å². The van der Waals surface area contributed by atoms with Gasteiger partial charge < -0.3 is 14.1 Å². The zero-order chi connectivity index (χ0) is 19.6.